The summed E-state index contributed by atoms with van der Waals surface area (Å²) in [6.45, 7) is 0. The lowest BCUT2D eigenvalue weighted by Crippen LogP contribution is -1.96. The molecule has 14 heavy (non-hydrogen) atoms. The predicted molar refractivity (Wildman–Crippen MR) is 54.0 cm³/mol. The Balaban J connectivity index is 2.47. The fourth-order valence-electron chi connectivity index (χ4n) is 2.09. The third kappa shape index (κ3) is 1.58. The molecule has 0 fully saturated rings. The normalized spacial score (nSPS) is 20.6. The van der Waals surface area contributed by atoms with Gasteiger partial charge in [0, 0.05) is 0 Å². The van der Waals surface area contributed by atoms with Crippen molar-refractivity contribution in [2.75, 3.05) is 0 Å². The SMILES string of the molecule is N#CC1CCCCc2ccc(O)cc21. The molecule has 1 atom stereocenters. The monoisotopic (exact) mass is 187 g/mol. The smallest absolute Gasteiger partial charge is 0.115 e. The molecule has 1 aromatic carbocycles. The van der Waals surface area contributed by atoms with Gasteiger partial charge < -0.3 is 5.11 Å². The summed E-state index contributed by atoms with van der Waals surface area (Å²) in [4.78, 5) is 0. The summed E-state index contributed by atoms with van der Waals surface area (Å²) in [6.07, 6.45) is 4.21. The standard InChI is InChI=1S/C12H13NO/c13-8-10-4-2-1-3-9-5-6-11(14)7-12(9)10/h5-7,10,14H,1-4H2. The maximum Gasteiger partial charge on any atom is 0.115 e. The molecule has 0 radical (unpaired) electrons. The average molecular weight is 187 g/mol. The number of aryl methyl sites for hydroxylation is 1. The van der Waals surface area contributed by atoms with Gasteiger partial charge in [0.2, 0.25) is 0 Å². The Kier molecular flexibility index (Phi) is 2.41. The van der Waals surface area contributed by atoms with Gasteiger partial charge in [-0.2, -0.15) is 5.26 Å². The summed E-state index contributed by atoms with van der Waals surface area (Å²) < 4.78 is 0. The van der Waals surface area contributed by atoms with E-state index in [0.29, 0.717) is 0 Å². The second kappa shape index (κ2) is 3.71. The minimum atomic E-state index is -0.0281. The van der Waals surface area contributed by atoms with E-state index in [9.17, 15) is 5.11 Å². The van der Waals surface area contributed by atoms with E-state index in [4.69, 9.17) is 5.26 Å². The van der Waals surface area contributed by atoms with E-state index in [-0.39, 0.29) is 11.7 Å². The van der Waals surface area contributed by atoms with Gasteiger partial charge in [-0.3, -0.25) is 0 Å². The highest BCUT2D eigenvalue weighted by atomic mass is 16.3. The zero-order valence-corrected chi connectivity index (χ0v) is 8.03. The fourth-order valence-corrected chi connectivity index (χ4v) is 2.09. The van der Waals surface area contributed by atoms with Gasteiger partial charge in [0.15, 0.2) is 0 Å². The average Bonchev–Trinajstić information content (AvgIpc) is 2.39. The summed E-state index contributed by atoms with van der Waals surface area (Å²) in [5.41, 5.74) is 2.26. The van der Waals surface area contributed by atoms with Crippen LogP contribution in [0.3, 0.4) is 0 Å². The van der Waals surface area contributed by atoms with Gasteiger partial charge in [-0.25, -0.2) is 0 Å². The first-order valence-corrected chi connectivity index (χ1v) is 5.02. The van der Waals surface area contributed by atoms with Crippen LogP contribution in [-0.4, -0.2) is 5.11 Å². The van der Waals surface area contributed by atoms with Crippen molar-refractivity contribution in [3.8, 4) is 11.8 Å². The predicted octanol–water partition coefficient (Wildman–Crippen LogP) is 2.73. The highest BCUT2D eigenvalue weighted by Gasteiger charge is 2.18. The molecule has 2 heteroatoms. The van der Waals surface area contributed by atoms with Crippen molar-refractivity contribution in [1.82, 2.24) is 0 Å². The lowest BCUT2D eigenvalue weighted by atomic mass is 9.94. The topological polar surface area (TPSA) is 44.0 Å². The number of hydrogen-bond acceptors (Lipinski definition) is 2. The lowest BCUT2D eigenvalue weighted by Gasteiger charge is -2.09. The van der Waals surface area contributed by atoms with Crippen LogP contribution in [0.15, 0.2) is 18.2 Å². The van der Waals surface area contributed by atoms with E-state index in [1.165, 1.54) is 5.56 Å². The Morgan fingerprint density at radius 2 is 2.21 bits per heavy atom. The van der Waals surface area contributed by atoms with Crippen LogP contribution in [0.1, 0.15) is 36.3 Å². The minimum Gasteiger partial charge on any atom is -0.508 e. The van der Waals surface area contributed by atoms with Gasteiger partial charge in [-0.1, -0.05) is 12.5 Å². The van der Waals surface area contributed by atoms with Gasteiger partial charge in [0.25, 0.3) is 0 Å². The number of nitriles is 1. The summed E-state index contributed by atoms with van der Waals surface area (Å²) in [5.74, 6) is 0.241. The summed E-state index contributed by atoms with van der Waals surface area (Å²) in [5, 5.41) is 18.4. The third-order valence-corrected chi connectivity index (χ3v) is 2.85. The molecular formula is C12H13NO. The van der Waals surface area contributed by atoms with Crippen molar-refractivity contribution in [3.05, 3.63) is 29.3 Å². The van der Waals surface area contributed by atoms with E-state index in [0.717, 1.165) is 31.2 Å². The number of aromatic hydroxyl groups is 1. The molecule has 1 unspecified atom stereocenters. The van der Waals surface area contributed by atoms with Crippen LogP contribution in [0.5, 0.6) is 5.75 Å². The molecule has 0 bridgehead atoms. The zero-order valence-electron chi connectivity index (χ0n) is 8.03. The second-order valence-corrected chi connectivity index (χ2v) is 3.81. The maximum atomic E-state index is 9.38. The van der Waals surface area contributed by atoms with Crippen LogP contribution in [0.2, 0.25) is 0 Å². The van der Waals surface area contributed by atoms with E-state index in [1.807, 2.05) is 6.07 Å². The highest BCUT2D eigenvalue weighted by molar-refractivity contribution is 5.40. The van der Waals surface area contributed by atoms with Crippen LogP contribution in [0, 0.1) is 11.3 Å². The Hall–Kier alpha value is -1.49. The molecule has 0 saturated heterocycles. The van der Waals surface area contributed by atoms with Crippen LogP contribution < -0.4 is 0 Å². The van der Waals surface area contributed by atoms with Crippen molar-refractivity contribution in [1.29, 1.82) is 5.26 Å². The number of fused-ring (bicyclic) bond motifs is 1. The molecule has 72 valence electrons. The number of hydrogen-bond donors (Lipinski definition) is 1. The minimum absolute atomic E-state index is 0.0281. The molecule has 2 nitrogen and oxygen atoms in total. The number of benzene rings is 1. The molecule has 1 aliphatic rings. The van der Waals surface area contributed by atoms with Crippen LogP contribution in [0.25, 0.3) is 0 Å². The Bertz CT molecular complexity index is 378. The van der Waals surface area contributed by atoms with E-state index >= 15 is 0 Å². The molecule has 0 amide bonds. The zero-order chi connectivity index (χ0) is 9.97. The number of phenolic OH excluding ortho intramolecular Hbond substituents is 1. The summed E-state index contributed by atoms with van der Waals surface area (Å²) in [7, 11) is 0. The first-order chi connectivity index (χ1) is 6.81. The van der Waals surface area contributed by atoms with Gasteiger partial charge >= 0.3 is 0 Å². The number of rotatable bonds is 0. The van der Waals surface area contributed by atoms with Crippen LogP contribution in [0.4, 0.5) is 0 Å². The quantitative estimate of drug-likeness (QED) is 0.634. The molecule has 1 N–H and O–H groups in total. The van der Waals surface area contributed by atoms with Gasteiger partial charge in [0.1, 0.15) is 5.75 Å². The molecule has 0 aromatic heterocycles. The van der Waals surface area contributed by atoms with E-state index < -0.39 is 0 Å². The molecule has 2 rings (SSSR count). The highest BCUT2D eigenvalue weighted by Crippen LogP contribution is 2.32. The first-order valence-electron chi connectivity index (χ1n) is 5.02. The molecule has 0 spiro atoms. The third-order valence-electron chi connectivity index (χ3n) is 2.85. The molecule has 1 aliphatic carbocycles. The number of phenols is 1. The van der Waals surface area contributed by atoms with E-state index in [1.54, 1.807) is 12.1 Å². The molecule has 0 heterocycles. The van der Waals surface area contributed by atoms with Gasteiger partial charge in [0.05, 0.1) is 12.0 Å². The van der Waals surface area contributed by atoms with Crippen LogP contribution in [-0.2, 0) is 6.42 Å². The Labute approximate surface area is 83.8 Å². The van der Waals surface area contributed by atoms with Crippen molar-refractivity contribution in [2.24, 2.45) is 0 Å². The van der Waals surface area contributed by atoms with Crippen LogP contribution >= 0.6 is 0 Å². The van der Waals surface area contributed by atoms with Crippen molar-refractivity contribution >= 4 is 0 Å². The van der Waals surface area contributed by atoms with Gasteiger partial charge in [-0.15, -0.1) is 0 Å². The second-order valence-electron chi connectivity index (χ2n) is 3.81. The summed E-state index contributed by atoms with van der Waals surface area (Å²) >= 11 is 0. The lowest BCUT2D eigenvalue weighted by molar-refractivity contribution is 0.474. The molecule has 1 aromatic rings. The molecular weight excluding hydrogens is 174 g/mol. The Morgan fingerprint density at radius 3 is 3.00 bits per heavy atom. The Morgan fingerprint density at radius 1 is 1.36 bits per heavy atom. The van der Waals surface area contributed by atoms with Crippen molar-refractivity contribution in [2.45, 2.75) is 31.6 Å². The summed E-state index contributed by atoms with van der Waals surface area (Å²) in [6, 6.07) is 7.71. The van der Waals surface area contributed by atoms with Crippen molar-refractivity contribution in [3.63, 3.8) is 0 Å². The molecule has 0 aliphatic heterocycles. The van der Waals surface area contributed by atoms with Gasteiger partial charge in [-0.05, 0) is 42.5 Å². The first kappa shape index (κ1) is 9.08. The van der Waals surface area contributed by atoms with Crippen molar-refractivity contribution < 1.29 is 5.11 Å². The van der Waals surface area contributed by atoms with E-state index in [2.05, 4.69) is 6.07 Å². The maximum absolute atomic E-state index is 9.38. The number of nitrogens with zero attached hydrogens (tertiary/aromatic N) is 1. The molecule has 0 saturated carbocycles. The largest absolute Gasteiger partial charge is 0.508 e. The fraction of sp³-hybridized carbons (Fsp3) is 0.417.